The summed E-state index contributed by atoms with van der Waals surface area (Å²) < 4.78 is 0. The van der Waals surface area contributed by atoms with Crippen LogP contribution in [0.5, 0.6) is 0 Å². The highest BCUT2D eigenvalue weighted by molar-refractivity contribution is 5.81. The molecule has 0 radical (unpaired) electrons. The molecular weight excluding hydrogens is 208 g/mol. The van der Waals surface area contributed by atoms with Gasteiger partial charge in [0.1, 0.15) is 6.54 Å². The molecule has 1 aliphatic carbocycles. The highest BCUT2D eigenvalue weighted by atomic mass is 16.4. The number of nitrogens with one attached hydrogen (secondary N) is 1. The average molecular weight is 228 g/mol. The number of carbonyl (C=O) groups excluding carboxylic acids is 1. The Kier molecular flexibility index (Phi) is 3.78. The summed E-state index contributed by atoms with van der Waals surface area (Å²) in [7, 11) is 0. The van der Waals surface area contributed by atoms with Crippen molar-refractivity contribution in [2.75, 3.05) is 6.54 Å². The Bertz CT molecular complexity index is 279. The zero-order valence-corrected chi connectivity index (χ0v) is 10.1. The summed E-state index contributed by atoms with van der Waals surface area (Å²) in [5.74, 6) is -0.987. The zero-order valence-electron chi connectivity index (χ0n) is 10.1. The first-order valence-corrected chi connectivity index (χ1v) is 5.60. The van der Waals surface area contributed by atoms with Gasteiger partial charge in [0.05, 0.1) is 0 Å². The molecule has 0 bridgehead atoms. The second kappa shape index (κ2) is 4.72. The van der Waals surface area contributed by atoms with Crippen LogP contribution in [0.25, 0.3) is 0 Å². The fourth-order valence-electron chi connectivity index (χ4n) is 1.55. The fourth-order valence-corrected chi connectivity index (χ4v) is 1.55. The van der Waals surface area contributed by atoms with Gasteiger partial charge in [-0.15, -0.1) is 0 Å². The lowest BCUT2D eigenvalue weighted by molar-refractivity contribution is -0.138. The summed E-state index contributed by atoms with van der Waals surface area (Å²) >= 11 is 0. The molecule has 0 aromatic heterocycles. The summed E-state index contributed by atoms with van der Waals surface area (Å²) in [6.45, 7) is 5.23. The molecule has 5 heteroatoms. The van der Waals surface area contributed by atoms with Crippen LogP contribution in [0.2, 0.25) is 0 Å². The van der Waals surface area contributed by atoms with E-state index in [9.17, 15) is 9.59 Å². The van der Waals surface area contributed by atoms with E-state index in [1.54, 1.807) is 0 Å². The van der Waals surface area contributed by atoms with Crippen molar-refractivity contribution in [3.05, 3.63) is 0 Å². The standard InChI is InChI=1S/C11H20N2O3/c1-11(2,3)13(7-9(14)15)10(16)12-8-5-4-6-8/h8H,4-7H2,1-3H3,(H,12,16)(H,14,15). The predicted molar refractivity (Wildman–Crippen MR) is 60.3 cm³/mol. The highest BCUT2D eigenvalue weighted by Gasteiger charge is 2.30. The van der Waals surface area contributed by atoms with Gasteiger partial charge in [0.15, 0.2) is 0 Å². The zero-order chi connectivity index (χ0) is 12.3. The number of carbonyl (C=O) groups is 2. The van der Waals surface area contributed by atoms with Crippen LogP contribution in [0, 0.1) is 0 Å². The molecule has 2 N–H and O–H groups in total. The van der Waals surface area contributed by atoms with Crippen molar-refractivity contribution >= 4 is 12.0 Å². The van der Waals surface area contributed by atoms with E-state index in [0.717, 1.165) is 19.3 Å². The Hall–Kier alpha value is -1.26. The number of carboxylic acids is 1. The first kappa shape index (κ1) is 12.8. The number of hydrogen-bond donors (Lipinski definition) is 2. The maximum absolute atomic E-state index is 11.9. The van der Waals surface area contributed by atoms with Crippen molar-refractivity contribution in [2.45, 2.75) is 51.6 Å². The van der Waals surface area contributed by atoms with E-state index < -0.39 is 11.5 Å². The van der Waals surface area contributed by atoms with Crippen molar-refractivity contribution < 1.29 is 14.7 Å². The van der Waals surface area contributed by atoms with Gasteiger partial charge in [-0.05, 0) is 40.0 Å². The number of nitrogens with zero attached hydrogens (tertiary/aromatic N) is 1. The van der Waals surface area contributed by atoms with E-state index in [2.05, 4.69) is 5.32 Å². The van der Waals surface area contributed by atoms with E-state index in [0.29, 0.717) is 0 Å². The molecule has 0 aromatic rings. The lowest BCUT2D eigenvalue weighted by Crippen LogP contribution is -2.55. The van der Waals surface area contributed by atoms with Crippen LogP contribution in [0.3, 0.4) is 0 Å². The monoisotopic (exact) mass is 228 g/mol. The van der Waals surface area contributed by atoms with Crippen molar-refractivity contribution in [2.24, 2.45) is 0 Å². The van der Waals surface area contributed by atoms with Crippen molar-refractivity contribution in [3.8, 4) is 0 Å². The third-order valence-electron chi connectivity index (χ3n) is 2.78. The minimum Gasteiger partial charge on any atom is -0.480 e. The summed E-state index contributed by atoms with van der Waals surface area (Å²) in [5, 5.41) is 11.6. The molecule has 5 nitrogen and oxygen atoms in total. The van der Waals surface area contributed by atoms with Gasteiger partial charge in [0, 0.05) is 11.6 Å². The molecule has 0 atom stereocenters. The molecule has 0 saturated heterocycles. The number of aliphatic carboxylic acids is 1. The normalized spacial score (nSPS) is 16.4. The third kappa shape index (κ3) is 3.40. The summed E-state index contributed by atoms with van der Waals surface area (Å²) in [5.41, 5.74) is -0.480. The van der Waals surface area contributed by atoms with E-state index in [1.807, 2.05) is 20.8 Å². The highest BCUT2D eigenvalue weighted by Crippen LogP contribution is 2.20. The minimum atomic E-state index is -0.987. The fraction of sp³-hybridized carbons (Fsp3) is 0.818. The molecule has 16 heavy (non-hydrogen) atoms. The van der Waals surface area contributed by atoms with Gasteiger partial charge in [-0.25, -0.2) is 4.79 Å². The number of urea groups is 1. The first-order chi connectivity index (χ1) is 7.30. The molecule has 0 heterocycles. The number of carboxylic acid groups (broad SMARTS) is 1. The minimum absolute atomic E-state index is 0.228. The molecule has 0 unspecified atom stereocenters. The van der Waals surface area contributed by atoms with Crippen molar-refractivity contribution in [1.82, 2.24) is 10.2 Å². The van der Waals surface area contributed by atoms with Gasteiger partial charge in [-0.2, -0.15) is 0 Å². The van der Waals surface area contributed by atoms with E-state index in [4.69, 9.17) is 5.11 Å². The van der Waals surface area contributed by atoms with Crippen LogP contribution in [0.1, 0.15) is 40.0 Å². The lowest BCUT2D eigenvalue weighted by Gasteiger charge is -2.37. The maximum atomic E-state index is 11.9. The van der Waals surface area contributed by atoms with E-state index in [1.165, 1.54) is 4.90 Å². The molecule has 1 rings (SSSR count). The predicted octanol–water partition coefficient (Wildman–Crippen LogP) is 1.43. The largest absolute Gasteiger partial charge is 0.480 e. The smallest absolute Gasteiger partial charge is 0.323 e. The molecule has 1 aliphatic rings. The molecular formula is C11H20N2O3. The number of hydrogen-bond acceptors (Lipinski definition) is 2. The van der Waals surface area contributed by atoms with Crippen molar-refractivity contribution in [1.29, 1.82) is 0 Å². The van der Waals surface area contributed by atoms with Crippen molar-refractivity contribution in [3.63, 3.8) is 0 Å². The second-order valence-corrected chi connectivity index (χ2v) is 5.23. The Morgan fingerprint density at radius 2 is 1.94 bits per heavy atom. The summed E-state index contributed by atoms with van der Waals surface area (Å²) in [6, 6.07) is -0.0502. The number of amides is 2. The molecule has 92 valence electrons. The molecule has 1 saturated carbocycles. The van der Waals surface area contributed by atoms with Crippen LogP contribution in [-0.4, -0.2) is 40.1 Å². The van der Waals surface area contributed by atoms with Crippen LogP contribution in [0.4, 0.5) is 4.79 Å². The van der Waals surface area contributed by atoms with Crippen LogP contribution in [-0.2, 0) is 4.79 Å². The molecule has 1 fully saturated rings. The maximum Gasteiger partial charge on any atom is 0.323 e. The SMILES string of the molecule is CC(C)(C)N(CC(=O)O)C(=O)NC1CCC1. The Labute approximate surface area is 95.8 Å². The number of rotatable bonds is 3. The van der Waals surface area contributed by atoms with Gasteiger partial charge in [-0.3, -0.25) is 4.79 Å². The molecule has 0 aliphatic heterocycles. The van der Waals surface area contributed by atoms with Crippen LogP contribution < -0.4 is 5.32 Å². The van der Waals surface area contributed by atoms with Gasteiger partial charge in [0.2, 0.25) is 0 Å². The van der Waals surface area contributed by atoms with E-state index in [-0.39, 0.29) is 18.6 Å². The quantitative estimate of drug-likeness (QED) is 0.767. The van der Waals surface area contributed by atoms with Gasteiger partial charge in [0.25, 0.3) is 0 Å². The van der Waals surface area contributed by atoms with E-state index >= 15 is 0 Å². The second-order valence-electron chi connectivity index (χ2n) is 5.23. The average Bonchev–Trinajstić information content (AvgIpc) is 2.04. The summed E-state index contributed by atoms with van der Waals surface area (Å²) in [6.07, 6.45) is 3.13. The van der Waals surface area contributed by atoms with Crippen LogP contribution in [0.15, 0.2) is 0 Å². The third-order valence-corrected chi connectivity index (χ3v) is 2.78. The topological polar surface area (TPSA) is 69.6 Å². The summed E-state index contributed by atoms with van der Waals surface area (Å²) in [4.78, 5) is 23.9. The van der Waals surface area contributed by atoms with Crippen LogP contribution >= 0.6 is 0 Å². The Morgan fingerprint density at radius 3 is 2.25 bits per heavy atom. The lowest BCUT2D eigenvalue weighted by atomic mass is 9.93. The van der Waals surface area contributed by atoms with Gasteiger partial charge in [-0.1, -0.05) is 0 Å². The molecule has 0 spiro atoms. The van der Waals surface area contributed by atoms with Gasteiger partial charge >= 0.3 is 12.0 Å². The Morgan fingerprint density at radius 1 is 1.38 bits per heavy atom. The first-order valence-electron chi connectivity index (χ1n) is 5.60. The van der Waals surface area contributed by atoms with Gasteiger partial charge < -0.3 is 15.3 Å². The Balaban J connectivity index is 2.59. The molecule has 2 amide bonds. The molecule has 0 aromatic carbocycles.